The van der Waals surface area contributed by atoms with Gasteiger partial charge in [0, 0.05) is 24.5 Å². The van der Waals surface area contributed by atoms with E-state index in [1.807, 2.05) is 63.2 Å². The lowest BCUT2D eigenvalue weighted by atomic mass is 9.93. The molecular weight excluding hydrogens is 388 g/mol. The van der Waals surface area contributed by atoms with E-state index in [0.29, 0.717) is 5.56 Å². The van der Waals surface area contributed by atoms with E-state index in [4.69, 9.17) is 0 Å². The number of hydrogen-bond donors (Lipinski definition) is 1. The van der Waals surface area contributed by atoms with Crippen LogP contribution in [0.1, 0.15) is 39.4 Å². The zero-order valence-corrected chi connectivity index (χ0v) is 17.8. The first-order valence-corrected chi connectivity index (χ1v) is 10.2. The maximum atomic E-state index is 13.1. The number of hydrogen-bond acceptors (Lipinski definition) is 4. The molecular formula is C26H24N2O3. The average Bonchev–Trinajstić information content (AvgIpc) is 3.01. The van der Waals surface area contributed by atoms with Crippen molar-refractivity contribution < 1.29 is 14.7 Å². The SMILES string of the molecule is Cc1cccc(C2/C(=C(/O)c3ccc(C)c(C)c3)C(=O)C(=O)N2Cc2cccnc2)c1. The largest absolute Gasteiger partial charge is 0.507 e. The van der Waals surface area contributed by atoms with Gasteiger partial charge in [-0.3, -0.25) is 14.6 Å². The van der Waals surface area contributed by atoms with Gasteiger partial charge in [-0.05, 0) is 55.2 Å². The minimum Gasteiger partial charge on any atom is -0.507 e. The van der Waals surface area contributed by atoms with Crippen LogP contribution in [0.3, 0.4) is 0 Å². The number of carbonyl (C=O) groups excluding carboxylic acids is 2. The van der Waals surface area contributed by atoms with Crippen molar-refractivity contribution in [3.05, 3.63) is 106 Å². The monoisotopic (exact) mass is 412 g/mol. The predicted octanol–water partition coefficient (Wildman–Crippen LogP) is 4.63. The van der Waals surface area contributed by atoms with Gasteiger partial charge in [0.1, 0.15) is 5.76 Å². The van der Waals surface area contributed by atoms with Crippen LogP contribution in [0.15, 0.2) is 72.6 Å². The summed E-state index contributed by atoms with van der Waals surface area (Å²) in [6.45, 7) is 6.12. The molecule has 1 atom stereocenters. The van der Waals surface area contributed by atoms with Crippen molar-refractivity contribution in [2.75, 3.05) is 0 Å². The molecule has 0 saturated carbocycles. The summed E-state index contributed by atoms with van der Waals surface area (Å²) < 4.78 is 0. The Kier molecular flexibility index (Phi) is 5.42. The number of likely N-dealkylation sites (tertiary alicyclic amines) is 1. The van der Waals surface area contributed by atoms with Gasteiger partial charge in [-0.1, -0.05) is 48.0 Å². The number of pyridine rings is 1. The first-order valence-electron chi connectivity index (χ1n) is 10.2. The number of aliphatic hydroxyl groups excluding tert-OH is 1. The van der Waals surface area contributed by atoms with Crippen LogP contribution < -0.4 is 0 Å². The number of amides is 1. The van der Waals surface area contributed by atoms with E-state index in [1.165, 1.54) is 4.90 Å². The lowest BCUT2D eigenvalue weighted by molar-refractivity contribution is -0.140. The van der Waals surface area contributed by atoms with Crippen molar-refractivity contribution in [3.63, 3.8) is 0 Å². The highest BCUT2D eigenvalue weighted by atomic mass is 16.3. The zero-order chi connectivity index (χ0) is 22.1. The van der Waals surface area contributed by atoms with Crippen molar-refractivity contribution in [3.8, 4) is 0 Å². The summed E-state index contributed by atoms with van der Waals surface area (Å²) in [5.74, 6) is -1.45. The van der Waals surface area contributed by atoms with Crippen LogP contribution in [-0.2, 0) is 16.1 Å². The molecule has 0 radical (unpaired) electrons. The zero-order valence-electron chi connectivity index (χ0n) is 17.8. The lowest BCUT2D eigenvalue weighted by Gasteiger charge is -2.25. The molecule has 5 heteroatoms. The minimum atomic E-state index is -0.679. The normalized spacial score (nSPS) is 17.9. The summed E-state index contributed by atoms with van der Waals surface area (Å²) >= 11 is 0. The third-order valence-corrected chi connectivity index (χ3v) is 5.75. The summed E-state index contributed by atoms with van der Waals surface area (Å²) in [5.41, 5.74) is 5.34. The van der Waals surface area contributed by atoms with E-state index in [0.717, 1.165) is 27.8 Å². The Morgan fingerprint density at radius 3 is 2.48 bits per heavy atom. The van der Waals surface area contributed by atoms with Crippen molar-refractivity contribution in [2.24, 2.45) is 0 Å². The summed E-state index contributed by atoms with van der Waals surface area (Å²) in [5, 5.41) is 11.2. The van der Waals surface area contributed by atoms with E-state index in [1.54, 1.807) is 24.5 Å². The molecule has 0 bridgehead atoms. The number of ketones is 1. The number of aliphatic hydroxyl groups is 1. The van der Waals surface area contributed by atoms with Gasteiger partial charge in [-0.2, -0.15) is 0 Å². The van der Waals surface area contributed by atoms with Crippen LogP contribution in [0.25, 0.3) is 5.76 Å². The Labute approximate surface area is 181 Å². The van der Waals surface area contributed by atoms with Crippen molar-refractivity contribution in [1.82, 2.24) is 9.88 Å². The van der Waals surface area contributed by atoms with E-state index in [2.05, 4.69) is 4.98 Å². The van der Waals surface area contributed by atoms with Gasteiger partial charge in [-0.15, -0.1) is 0 Å². The molecule has 1 aliphatic heterocycles. The van der Waals surface area contributed by atoms with Gasteiger partial charge in [0.05, 0.1) is 11.6 Å². The van der Waals surface area contributed by atoms with E-state index in [9.17, 15) is 14.7 Å². The maximum absolute atomic E-state index is 13.1. The van der Waals surface area contributed by atoms with Gasteiger partial charge in [-0.25, -0.2) is 0 Å². The molecule has 156 valence electrons. The maximum Gasteiger partial charge on any atom is 0.295 e. The highest BCUT2D eigenvalue weighted by Gasteiger charge is 2.46. The molecule has 5 nitrogen and oxygen atoms in total. The van der Waals surface area contributed by atoms with E-state index >= 15 is 0 Å². The van der Waals surface area contributed by atoms with Crippen molar-refractivity contribution in [1.29, 1.82) is 0 Å². The number of aryl methyl sites for hydroxylation is 3. The Bertz CT molecular complexity index is 1200. The second kappa shape index (κ2) is 8.19. The van der Waals surface area contributed by atoms with Crippen molar-refractivity contribution in [2.45, 2.75) is 33.4 Å². The van der Waals surface area contributed by atoms with Gasteiger partial charge in [0.15, 0.2) is 0 Å². The summed E-state index contributed by atoms with van der Waals surface area (Å²) in [4.78, 5) is 31.8. The fourth-order valence-corrected chi connectivity index (χ4v) is 3.96. The van der Waals surface area contributed by atoms with Crippen LogP contribution in [0.2, 0.25) is 0 Å². The van der Waals surface area contributed by atoms with Gasteiger partial charge < -0.3 is 10.0 Å². The number of aromatic nitrogens is 1. The second-order valence-electron chi connectivity index (χ2n) is 8.00. The van der Waals surface area contributed by atoms with Crippen LogP contribution in [0.5, 0.6) is 0 Å². The third-order valence-electron chi connectivity index (χ3n) is 5.75. The summed E-state index contributed by atoms with van der Waals surface area (Å²) in [7, 11) is 0. The highest BCUT2D eigenvalue weighted by molar-refractivity contribution is 6.46. The summed E-state index contributed by atoms with van der Waals surface area (Å²) in [6, 6.07) is 16.2. The molecule has 0 spiro atoms. The number of rotatable bonds is 4. The molecule has 31 heavy (non-hydrogen) atoms. The fourth-order valence-electron chi connectivity index (χ4n) is 3.96. The third kappa shape index (κ3) is 3.87. The molecule has 1 aromatic heterocycles. The first-order chi connectivity index (χ1) is 14.9. The second-order valence-corrected chi connectivity index (χ2v) is 8.00. The number of carbonyl (C=O) groups is 2. The predicted molar refractivity (Wildman–Crippen MR) is 119 cm³/mol. The first kappa shape index (κ1) is 20.5. The molecule has 1 saturated heterocycles. The van der Waals surface area contributed by atoms with Crippen LogP contribution in [0, 0.1) is 20.8 Å². The molecule has 3 aromatic rings. The topological polar surface area (TPSA) is 70.5 Å². The molecule has 1 amide bonds. The quantitative estimate of drug-likeness (QED) is 0.385. The average molecular weight is 412 g/mol. The summed E-state index contributed by atoms with van der Waals surface area (Å²) in [6.07, 6.45) is 3.34. The highest BCUT2D eigenvalue weighted by Crippen LogP contribution is 2.40. The molecule has 2 aromatic carbocycles. The van der Waals surface area contributed by atoms with Crippen LogP contribution in [-0.4, -0.2) is 26.7 Å². The minimum absolute atomic E-state index is 0.114. The number of Topliss-reactive ketones (excluding diaryl/α,β-unsaturated/α-hetero) is 1. The number of benzene rings is 2. The van der Waals surface area contributed by atoms with E-state index < -0.39 is 17.7 Å². The van der Waals surface area contributed by atoms with Crippen LogP contribution in [0.4, 0.5) is 0 Å². The molecule has 1 unspecified atom stereocenters. The van der Waals surface area contributed by atoms with Crippen LogP contribution >= 0.6 is 0 Å². The molecule has 1 fully saturated rings. The Hall–Kier alpha value is -3.73. The molecule has 0 aliphatic carbocycles. The fraction of sp³-hybridized carbons (Fsp3) is 0.192. The van der Waals surface area contributed by atoms with Gasteiger partial charge in [0.2, 0.25) is 0 Å². The van der Waals surface area contributed by atoms with E-state index in [-0.39, 0.29) is 17.9 Å². The number of nitrogens with zero attached hydrogens (tertiary/aromatic N) is 2. The smallest absolute Gasteiger partial charge is 0.295 e. The van der Waals surface area contributed by atoms with Gasteiger partial charge in [0.25, 0.3) is 11.7 Å². The molecule has 4 rings (SSSR count). The Morgan fingerprint density at radius 1 is 1.00 bits per heavy atom. The Morgan fingerprint density at radius 2 is 1.81 bits per heavy atom. The molecule has 1 aliphatic rings. The lowest BCUT2D eigenvalue weighted by Crippen LogP contribution is -2.29. The van der Waals surface area contributed by atoms with Gasteiger partial charge >= 0.3 is 0 Å². The molecule has 1 N–H and O–H groups in total. The molecule has 2 heterocycles. The Balaban J connectivity index is 1.88. The van der Waals surface area contributed by atoms with Crippen molar-refractivity contribution >= 4 is 17.4 Å². The standard InChI is InChI=1S/C26H24N2O3/c1-16-6-4-8-20(12-16)23-22(24(29)21-10-9-17(2)18(3)13-21)25(30)26(31)28(23)15-19-7-5-11-27-14-19/h4-14,23,29H,15H2,1-3H3/b24-22-.